The second kappa shape index (κ2) is 44.9. The third-order valence-corrected chi connectivity index (χ3v) is 22.8. The van der Waals surface area contributed by atoms with Crippen LogP contribution in [0, 0.1) is 0 Å². The average molecular weight is 1830 g/mol. The highest BCUT2D eigenvalue weighted by Gasteiger charge is 2.62. The maximum atomic E-state index is 13.4. The highest BCUT2D eigenvalue weighted by molar-refractivity contribution is 5.75. The lowest BCUT2D eigenvalue weighted by Crippen LogP contribution is -2.71. The molecule has 0 unspecified atom stereocenters. The summed E-state index contributed by atoms with van der Waals surface area (Å²) in [4.78, 5) is 65.0. The molecule has 0 aliphatic carbocycles. The number of nitrogens with one attached hydrogen (secondary N) is 5. The quantitative estimate of drug-likeness (QED) is 0.0297. The van der Waals surface area contributed by atoms with Gasteiger partial charge in [0.1, 0.15) is 238 Å². The van der Waals surface area contributed by atoms with Gasteiger partial charge < -0.3 is 249 Å². The van der Waals surface area contributed by atoms with Crippen molar-refractivity contribution in [3.8, 4) is 0 Å². The van der Waals surface area contributed by atoms with Gasteiger partial charge in [-0.05, 0) is 6.92 Å². The van der Waals surface area contributed by atoms with Crippen LogP contribution in [-0.4, -0.2) is 529 Å². The van der Waals surface area contributed by atoms with Gasteiger partial charge in [0.2, 0.25) is 29.5 Å². The van der Waals surface area contributed by atoms with Crippen molar-refractivity contribution in [3.05, 3.63) is 0 Å². The van der Waals surface area contributed by atoms with E-state index in [1.165, 1.54) is 6.92 Å². The Labute approximate surface area is 708 Å². The minimum Gasteiger partial charge on any atom is -0.394 e. The van der Waals surface area contributed by atoms with E-state index in [-0.39, 0.29) is 0 Å². The van der Waals surface area contributed by atoms with Gasteiger partial charge in [0.05, 0.1) is 65.6 Å². The molecule has 10 aliphatic rings. The third kappa shape index (κ3) is 23.1. The Morgan fingerprint density at radius 3 is 0.904 bits per heavy atom. The number of rotatable bonds is 32. The molecule has 0 spiro atoms. The van der Waals surface area contributed by atoms with Crippen molar-refractivity contribution >= 4 is 29.5 Å². The van der Waals surface area contributed by atoms with Crippen LogP contribution in [0.25, 0.3) is 0 Å². The first-order valence-electron chi connectivity index (χ1n) is 40.0. The molecule has 10 rings (SSSR count). The van der Waals surface area contributed by atoms with E-state index in [1.807, 2.05) is 0 Å². The summed E-state index contributed by atoms with van der Waals surface area (Å²) in [6, 6.07) is -9.78. The molecule has 55 heteroatoms. The Kier molecular flexibility index (Phi) is 36.8. The molecular weight excluding hydrogens is 1710 g/mol. The van der Waals surface area contributed by atoms with Crippen molar-refractivity contribution in [3.63, 3.8) is 0 Å². The molecule has 10 heterocycles. The summed E-state index contributed by atoms with van der Waals surface area (Å²) in [5.74, 6) is -4.80. The first-order chi connectivity index (χ1) is 59.1. The molecular formula is C70H117N5O50. The van der Waals surface area contributed by atoms with Crippen LogP contribution in [0.4, 0.5) is 0 Å². The topological polar surface area (TPSA) is 847 Å². The summed E-state index contributed by atoms with van der Waals surface area (Å²) in [6.07, 6.45) is -96.0. The second-order valence-electron chi connectivity index (χ2n) is 31.7. The van der Waals surface area contributed by atoms with Gasteiger partial charge in [0.15, 0.2) is 62.9 Å². The third-order valence-electron chi connectivity index (χ3n) is 22.8. The van der Waals surface area contributed by atoms with Crippen LogP contribution in [0.3, 0.4) is 0 Å². The fraction of sp³-hybridized carbons (Fsp3) is 0.929. The molecule has 0 aromatic carbocycles. The van der Waals surface area contributed by atoms with Crippen LogP contribution in [0.1, 0.15) is 41.5 Å². The minimum atomic E-state index is -2.78. The number of carbonyl (C=O) groups excluding carboxylic acids is 5. The molecule has 0 aromatic rings. The van der Waals surface area contributed by atoms with Gasteiger partial charge in [-0.25, -0.2) is 0 Å². The summed E-state index contributed by atoms with van der Waals surface area (Å²) in [7, 11) is 0. The lowest BCUT2D eigenvalue weighted by Gasteiger charge is -2.52. The fourth-order valence-electron chi connectivity index (χ4n) is 16.2. The van der Waals surface area contributed by atoms with Crippen LogP contribution in [0.5, 0.6) is 0 Å². The monoisotopic (exact) mass is 1830 g/mol. The normalized spacial score (nSPS) is 48.7. The van der Waals surface area contributed by atoms with Gasteiger partial charge in [-0.2, -0.15) is 0 Å². The standard InChI is InChI=1S/C70H117N5O50/c1-16-36(88)47(99)51(103)66(109-16)107-14-29-56(44(96)31(61(106)110-29)71-17(2)83)119-64-34(74-20(5)86)45(97)55(28(13-82)116-64)121-68-53(105)58(123-70-60(50(102)41(93)26(11-80)115-70)125-65-35(75-21(6)87)46(98)54(27(12-81)117-65)120-67-52(104)48(100)39(91)24(9-78)113-67)57(122-62-32(72-18(3)84)42(94)37(89)22(7-76)111-62)30(118-68)15-108-69-59(49(101)40(92)25(10-79)114-69)124-63-33(73-19(4)85)43(95)38(90)23(8-77)112-63/h16,22-70,76-82,88-106H,7-15H2,1-6H3,(H,71,83)(H,72,84)(H,73,85)(H,74,86)(H,75,87)/t16-,22+,23+,24+,25+,26+,27+,28+,29+,30+,31+,32+,33+,34+,35+,36+,37+,38+,39-,40+,41+,42+,43+,44+,45+,46+,47+,48-,49-,50-,51-,52+,53-,54+,55+,56+,57+,58+,59-,60-,61-,62-,63-,64-,65-,66+,67-,68-,69-,70+/m0/s1. The Balaban J connectivity index is 1.08. The van der Waals surface area contributed by atoms with E-state index in [2.05, 4.69) is 26.6 Å². The van der Waals surface area contributed by atoms with Gasteiger partial charge in [0, 0.05) is 34.6 Å². The molecule has 722 valence electrons. The Bertz CT molecular complexity index is 3420. The summed E-state index contributed by atoms with van der Waals surface area (Å²) in [6.45, 7) is -4.42. The highest BCUT2D eigenvalue weighted by Crippen LogP contribution is 2.42. The van der Waals surface area contributed by atoms with Crippen LogP contribution < -0.4 is 26.6 Å². The molecule has 10 fully saturated rings. The zero-order valence-corrected chi connectivity index (χ0v) is 67.7. The number of amides is 5. The first kappa shape index (κ1) is 103. The number of ether oxygens (including phenoxy) is 19. The van der Waals surface area contributed by atoms with E-state index in [4.69, 9.17) is 90.0 Å². The molecule has 10 saturated heterocycles. The van der Waals surface area contributed by atoms with Crippen molar-refractivity contribution in [1.82, 2.24) is 26.6 Å². The molecule has 5 amide bonds. The molecule has 0 aromatic heterocycles. The summed E-state index contributed by atoms with van der Waals surface area (Å²) >= 11 is 0. The lowest BCUT2D eigenvalue weighted by atomic mass is 9.93. The Morgan fingerprint density at radius 2 is 0.488 bits per heavy atom. The summed E-state index contributed by atoms with van der Waals surface area (Å²) in [5, 5.41) is 305. The van der Waals surface area contributed by atoms with Gasteiger partial charge >= 0.3 is 0 Å². The van der Waals surface area contributed by atoms with E-state index in [1.54, 1.807) is 0 Å². The molecule has 10 aliphatic heterocycles. The number of carbonyl (C=O) groups is 5. The summed E-state index contributed by atoms with van der Waals surface area (Å²) < 4.78 is 116. The number of hydrogen-bond donors (Lipinski definition) is 31. The Morgan fingerprint density at radius 1 is 0.224 bits per heavy atom. The lowest BCUT2D eigenvalue weighted by molar-refractivity contribution is -0.408. The zero-order chi connectivity index (χ0) is 92.1. The molecule has 0 bridgehead atoms. The van der Waals surface area contributed by atoms with Gasteiger partial charge in [-0.1, -0.05) is 0 Å². The molecule has 0 radical (unpaired) electrons. The maximum Gasteiger partial charge on any atom is 0.217 e. The van der Waals surface area contributed by atoms with Crippen LogP contribution in [-0.2, 0) is 114 Å². The predicted molar refractivity (Wildman–Crippen MR) is 386 cm³/mol. The van der Waals surface area contributed by atoms with Gasteiger partial charge in [0.25, 0.3) is 0 Å². The minimum absolute atomic E-state index is 0.864. The highest BCUT2D eigenvalue weighted by atomic mass is 16.8. The van der Waals surface area contributed by atoms with E-state index in [0.29, 0.717) is 0 Å². The van der Waals surface area contributed by atoms with Crippen molar-refractivity contribution in [2.75, 3.05) is 59.5 Å². The number of aliphatic hydroxyl groups excluding tert-OH is 26. The van der Waals surface area contributed by atoms with Gasteiger partial charge in [-0.15, -0.1) is 0 Å². The fourth-order valence-corrected chi connectivity index (χ4v) is 16.2. The Hall–Kier alpha value is -4.45. The van der Waals surface area contributed by atoms with E-state index in [0.717, 1.165) is 34.6 Å². The molecule has 50 atom stereocenters. The first-order valence-corrected chi connectivity index (χ1v) is 40.0. The predicted octanol–water partition coefficient (Wildman–Crippen LogP) is -21.1. The molecule has 0 saturated carbocycles. The van der Waals surface area contributed by atoms with E-state index in [9.17, 15) is 157 Å². The van der Waals surface area contributed by atoms with E-state index >= 15 is 0 Å². The maximum absolute atomic E-state index is 13.4. The van der Waals surface area contributed by atoms with Crippen LogP contribution >= 0.6 is 0 Å². The van der Waals surface area contributed by atoms with Crippen LogP contribution in [0.15, 0.2) is 0 Å². The zero-order valence-electron chi connectivity index (χ0n) is 67.7. The van der Waals surface area contributed by atoms with Crippen molar-refractivity contribution in [2.45, 2.75) is 348 Å². The summed E-state index contributed by atoms with van der Waals surface area (Å²) in [5.41, 5.74) is 0. The number of aliphatic hydroxyl groups is 26. The average Bonchev–Trinajstić information content (AvgIpc) is 0.763. The van der Waals surface area contributed by atoms with E-state index < -0.39 is 396 Å². The van der Waals surface area contributed by atoms with Gasteiger partial charge in [-0.3, -0.25) is 24.0 Å². The molecule has 31 N–H and O–H groups in total. The second-order valence-corrected chi connectivity index (χ2v) is 31.7. The SMILES string of the molecule is CC(=O)N[C@@H]1[C@@H](O)[C@H](O[C@@H]2O[C@H](CO)[C@@H](O[C@@H]3O[C@H](CO[C@H]4O[C@H](CO)[C@@H](O)[C@H](O)[C@@H]4O[C@@H]4O[C@H](CO)[C@@H](O)[C@H](O)[C@H]4NC(C)=O)[C@@H](O[C@@H]4O[C@H](CO)[C@@H](O)[C@H](O)[C@H]4NC(C)=O)[C@H](O[C@H]4O[C@H](CO)[C@@H](O)[C@H](O)[C@@H]4O[C@@H]4O[C@H](CO)[C@@H](O[C@@H]5O[C@H](CO)[C@H](O)[C@H](O)[C@H]5O)[C@H](O)[C@H]4NC(C)=O)[C@@H]3O)[C@H](O)[C@H]2NC(C)=O)[C@@H](CO[C@@H]2O[C@@H](C)[C@@H](O)[C@@H](O)[C@@H]2O)O[C@@H]1O. The molecule has 125 heavy (non-hydrogen) atoms. The van der Waals surface area contributed by atoms with Crippen molar-refractivity contribution in [2.24, 2.45) is 0 Å². The smallest absolute Gasteiger partial charge is 0.217 e. The van der Waals surface area contributed by atoms with Crippen molar-refractivity contribution < 1.29 is 247 Å². The largest absolute Gasteiger partial charge is 0.394 e. The van der Waals surface area contributed by atoms with Crippen molar-refractivity contribution in [1.29, 1.82) is 0 Å². The molecule has 55 nitrogen and oxygen atoms in total. The van der Waals surface area contributed by atoms with Crippen LogP contribution in [0.2, 0.25) is 0 Å². The number of hydrogen-bond acceptors (Lipinski definition) is 50.